The Bertz CT molecular complexity index is 507. The van der Waals surface area contributed by atoms with Gasteiger partial charge in [0.25, 0.3) is 0 Å². The van der Waals surface area contributed by atoms with Crippen LogP contribution in [0.15, 0.2) is 11.6 Å². The molecule has 1 rings (SSSR count). The zero-order valence-electron chi connectivity index (χ0n) is 13.6. The number of hydrogen-bond donors (Lipinski definition) is 0. The van der Waals surface area contributed by atoms with E-state index in [9.17, 15) is 19.2 Å². The maximum absolute atomic E-state index is 12.1. The molecule has 0 heterocycles. The van der Waals surface area contributed by atoms with Gasteiger partial charge in [-0.2, -0.15) is 0 Å². The Balaban J connectivity index is 3.04. The van der Waals surface area contributed by atoms with Crippen molar-refractivity contribution in [3.8, 4) is 0 Å². The second-order valence-electron chi connectivity index (χ2n) is 4.95. The van der Waals surface area contributed by atoms with Crippen molar-refractivity contribution in [2.75, 3.05) is 19.8 Å². The summed E-state index contributed by atoms with van der Waals surface area (Å²) < 4.78 is 14.7. The van der Waals surface area contributed by atoms with Crippen molar-refractivity contribution >= 4 is 23.7 Å². The van der Waals surface area contributed by atoms with Crippen molar-refractivity contribution < 1.29 is 33.4 Å². The van der Waals surface area contributed by atoms with Gasteiger partial charge in [0.1, 0.15) is 5.92 Å². The van der Waals surface area contributed by atoms with Crippen LogP contribution in [0.25, 0.3) is 0 Å². The largest absolute Gasteiger partial charge is 0.466 e. The van der Waals surface area contributed by atoms with E-state index in [-0.39, 0.29) is 44.0 Å². The number of Topliss-reactive ketones (excluding diaryl/α,β-unsaturated/α-hetero) is 1. The number of carbonyl (C=O) groups is 4. The average Bonchev–Trinajstić information content (AvgIpc) is 2.47. The van der Waals surface area contributed by atoms with Gasteiger partial charge in [-0.15, -0.1) is 0 Å². The standard InChI is InChI=1S/C16H22O7/c1-4-21-14(18)8-10-7-13(17)12(16(20)23-6-3)9-11(10)15(19)22-5-2/h9-10,12H,4-8H2,1-3H3/t10-,12+/m0/s1. The molecule has 0 fully saturated rings. The van der Waals surface area contributed by atoms with Crippen molar-refractivity contribution in [2.24, 2.45) is 11.8 Å². The number of hydrogen-bond acceptors (Lipinski definition) is 7. The molecule has 128 valence electrons. The Kier molecular flexibility index (Phi) is 7.44. The van der Waals surface area contributed by atoms with Crippen LogP contribution < -0.4 is 0 Å². The van der Waals surface area contributed by atoms with E-state index in [2.05, 4.69) is 0 Å². The van der Waals surface area contributed by atoms with Crippen LogP contribution in [0.4, 0.5) is 0 Å². The summed E-state index contributed by atoms with van der Waals surface area (Å²) in [5.41, 5.74) is 0.151. The molecule has 0 N–H and O–H groups in total. The number of ether oxygens (including phenoxy) is 3. The lowest BCUT2D eigenvalue weighted by Crippen LogP contribution is -2.34. The fraction of sp³-hybridized carbons (Fsp3) is 0.625. The first-order valence-corrected chi connectivity index (χ1v) is 7.68. The first-order chi connectivity index (χ1) is 10.9. The highest BCUT2D eigenvalue weighted by molar-refractivity contribution is 6.05. The average molecular weight is 326 g/mol. The van der Waals surface area contributed by atoms with Crippen LogP contribution in [-0.4, -0.2) is 43.5 Å². The van der Waals surface area contributed by atoms with E-state index in [1.165, 1.54) is 6.08 Å². The molecule has 0 saturated heterocycles. The predicted molar refractivity (Wildman–Crippen MR) is 79.2 cm³/mol. The molecule has 0 saturated carbocycles. The summed E-state index contributed by atoms with van der Waals surface area (Å²) in [6.45, 7) is 5.45. The lowest BCUT2D eigenvalue weighted by Gasteiger charge is -2.25. The molecular formula is C16H22O7. The molecule has 1 aliphatic rings. The van der Waals surface area contributed by atoms with Gasteiger partial charge in [0.2, 0.25) is 0 Å². The normalized spacial score (nSPS) is 20.5. The molecule has 7 nitrogen and oxygen atoms in total. The van der Waals surface area contributed by atoms with Crippen molar-refractivity contribution in [2.45, 2.75) is 33.6 Å². The van der Waals surface area contributed by atoms with Gasteiger partial charge in [0.15, 0.2) is 5.78 Å². The van der Waals surface area contributed by atoms with Gasteiger partial charge in [-0.05, 0) is 20.8 Å². The summed E-state index contributed by atoms with van der Waals surface area (Å²) in [4.78, 5) is 47.7. The van der Waals surface area contributed by atoms with Crippen molar-refractivity contribution in [1.29, 1.82) is 0 Å². The van der Waals surface area contributed by atoms with E-state index in [0.29, 0.717) is 0 Å². The lowest BCUT2D eigenvalue weighted by atomic mass is 9.79. The Hall–Kier alpha value is -2.18. The summed E-state index contributed by atoms with van der Waals surface area (Å²) in [7, 11) is 0. The molecule has 0 aromatic carbocycles. The number of rotatable bonds is 7. The molecule has 1 aliphatic carbocycles. The molecule has 2 atom stereocenters. The molecule has 0 spiro atoms. The highest BCUT2D eigenvalue weighted by Crippen LogP contribution is 2.30. The summed E-state index contributed by atoms with van der Waals surface area (Å²) in [5.74, 6) is -4.00. The van der Waals surface area contributed by atoms with Gasteiger partial charge in [0, 0.05) is 17.9 Å². The highest BCUT2D eigenvalue weighted by Gasteiger charge is 2.38. The first-order valence-electron chi connectivity index (χ1n) is 7.68. The smallest absolute Gasteiger partial charge is 0.334 e. The molecule has 0 bridgehead atoms. The number of ketones is 1. The molecule has 0 aromatic heterocycles. The van der Waals surface area contributed by atoms with Gasteiger partial charge in [-0.25, -0.2) is 4.79 Å². The van der Waals surface area contributed by atoms with Gasteiger partial charge in [-0.3, -0.25) is 14.4 Å². The zero-order chi connectivity index (χ0) is 17.4. The second kappa shape index (κ2) is 9.07. The molecular weight excluding hydrogens is 304 g/mol. The maximum atomic E-state index is 12.1. The van der Waals surface area contributed by atoms with E-state index < -0.39 is 29.7 Å². The van der Waals surface area contributed by atoms with E-state index in [4.69, 9.17) is 14.2 Å². The third-order valence-corrected chi connectivity index (χ3v) is 3.35. The Labute approximate surface area is 135 Å². The van der Waals surface area contributed by atoms with E-state index in [0.717, 1.165) is 0 Å². The van der Waals surface area contributed by atoms with Crippen LogP contribution >= 0.6 is 0 Å². The molecule has 0 aromatic rings. The molecule has 0 unspecified atom stereocenters. The van der Waals surface area contributed by atoms with Crippen molar-refractivity contribution in [1.82, 2.24) is 0 Å². The molecule has 7 heteroatoms. The third kappa shape index (κ3) is 5.19. The SMILES string of the molecule is CCOC(=O)C[C@@H]1CC(=O)[C@H](C(=O)OCC)C=C1C(=O)OCC. The quantitative estimate of drug-likeness (QED) is 0.394. The van der Waals surface area contributed by atoms with Crippen molar-refractivity contribution in [3.63, 3.8) is 0 Å². The van der Waals surface area contributed by atoms with Crippen LogP contribution in [0.1, 0.15) is 33.6 Å². The van der Waals surface area contributed by atoms with Crippen LogP contribution in [0, 0.1) is 11.8 Å². The fourth-order valence-corrected chi connectivity index (χ4v) is 2.37. The first kappa shape index (κ1) is 18.9. The predicted octanol–water partition coefficient (Wildman–Crippen LogP) is 1.20. The Morgan fingerprint density at radius 3 is 2.22 bits per heavy atom. The summed E-state index contributed by atoms with van der Waals surface area (Å²) in [6, 6.07) is 0. The van der Waals surface area contributed by atoms with Crippen LogP contribution in [0.5, 0.6) is 0 Å². The van der Waals surface area contributed by atoms with Crippen LogP contribution in [0.2, 0.25) is 0 Å². The van der Waals surface area contributed by atoms with Gasteiger partial charge in [-0.1, -0.05) is 6.08 Å². The van der Waals surface area contributed by atoms with E-state index >= 15 is 0 Å². The third-order valence-electron chi connectivity index (χ3n) is 3.35. The second-order valence-corrected chi connectivity index (χ2v) is 4.95. The molecule has 0 aliphatic heterocycles. The summed E-state index contributed by atoms with van der Waals surface area (Å²) in [6.07, 6.45) is 1.04. The number of esters is 3. The fourth-order valence-electron chi connectivity index (χ4n) is 2.37. The maximum Gasteiger partial charge on any atom is 0.334 e. The topological polar surface area (TPSA) is 96.0 Å². The monoisotopic (exact) mass is 326 g/mol. The Morgan fingerprint density at radius 1 is 1.04 bits per heavy atom. The zero-order valence-corrected chi connectivity index (χ0v) is 13.6. The van der Waals surface area contributed by atoms with Crippen LogP contribution in [0.3, 0.4) is 0 Å². The van der Waals surface area contributed by atoms with E-state index in [1.807, 2.05) is 0 Å². The minimum Gasteiger partial charge on any atom is -0.466 e. The van der Waals surface area contributed by atoms with E-state index in [1.54, 1.807) is 20.8 Å². The summed E-state index contributed by atoms with van der Waals surface area (Å²) >= 11 is 0. The molecule has 23 heavy (non-hydrogen) atoms. The molecule has 0 amide bonds. The van der Waals surface area contributed by atoms with Gasteiger partial charge < -0.3 is 14.2 Å². The minimum atomic E-state index is -1.13. The van der Waals surface area contributed by atoms with Gasteiger partial charge in [0.05, 0.1) is 26.2 Å². The van der Waals surface area contributed by atoms with Gasteiger partial charge >= 0.3 is 17.9 Å². The van der Waals surface area contributed by atoms with Crippen molar-refractivity contribution in [3.05, 3.63) is 11.6 Å². The number of carbonyl (C=O) groups excluding carboxylic acids is 4. The minimum absolute atomic E-state index is 0.104. The van der Waals surface area contributed by atoms with Crippen LogP contribution in [-0.2, 0) is 33.4 Å². The Morgan fingerprint density at radius 2 is 1.65 bits per heavy atom. The lowest BCUT2D eigenvalue weighted by molar-refractivity contribution is -0.150. The summed E-state index contributed by atoms with van der Waals surface area (Å²) in [5, 5.41) is 0. The highest BCUT2D eigenvalue weighted by atomic mass is 16.5. The molecule has 0 radical (unpaired) electrons.